The molecule has 0 unspecified atom stereocenters. The number of sulfonamides is 1. The van der Waals surface area contributed by atoms with Crippen molar-refractivity contribution < 1.29 is 23.1 Å². The lowest BCUT2D eigenvalue weighted by Gasteiger charge is -2.22. The van der Waals surface area contributed by atoms with Crippen molar-refractivity contribution in [3.8, 4) is 0 Å². The van der Waals surface area contributed by atoms with Gasteiger partial charge in [-0.15, -0.1) is 0 Å². The Morgan fingerprint density at radius 3 is 2.30 bits per heavy atom. The van der Waals surface area contributed by atoms with Crippen molar-refractivity contribution in [3.63, 3.8) is 0 Å². The zero-order valence-electron chi connectivity index (χ0n) is 11.8. The molecule has 1 saturated carbocycles. The number of aliphatic carboxylic acids is 1. The van der Waals surface area contributed by atoms with E-state index >= 15 is 0 Å². The Hall–Kier alpha value is -1.35. The quantitative estimate of drug-likeness (QED) is 0.742. The zero-order chi connectivity index (χ0) is 17.2. The summed E-state index contributed by atoms with van der Waals surface area (Å²) in [6, 6.07) is 4.00. The summed E-state index contributed by atoms with van der Waals surface area (Å²) < 4.78 is 26.6. The van der Waals surface area contributed by atoms with Gasteiger partial charge in [-0.3, -0.25) is 9.59 Å². The van der Waals surface area contributed by atoms with E-state index in [0.717, 1.165) is 4.31 Å². The fourth-order valence-corrected chi connectivity index (χ4v) is 4.73. The van der Waals surface area contributed by atoms with Crippen LogP contribution >= 0.6 is 23.2 Å². The van der Waals surface area contributed by atoms with Crippen molar-refractivity contribution in [3.05, 3.63) is 28.2 Å². The molecule has 23 heavy (non-hydrogen) atoms. The van der Waals surface area contributed by atoms with Crippen LogP contribution in [0.3, 0.4) is 0 Å². The van der Waals surface area contributed by atoms with Crippen LogP contribution < -0.4 is 5.32 Å². The van der Waals surface area contributed by atoms with Gasteiger partial charge in [0.15, 0.2) is 0 Å². The SMILES string of the molecule is O=C(O)CNC(=O)CN(C1CC1)S(=O)(=O)c1c(Cl)cccc1Cl. The molecule has 7 nitrogen and oxygen atoms in total. The molecule has 2 N–H and O–H groups in total. The number of hydrogen-bond acceptors (Lipinski definition) is 4. The summed E-state index contributed by atoms with van der Waals surface area (Å²) in [5.41, 5.74) is 0. The lowest BCUT2D eigenvalue weighted by molar-refractivity contribution is -0.137. The van der Waals surface area contributed by atoms with Crippen molar-refractivity contribution in [1.29, 1.82) is 0 Å². The Kier molecular flexibility index (Phi) is 5.51. The summed E-state index contributed by atoms with van der Waals surface area (Å²) in [7, 11) is -4.07. The van der Waals surface area contributed by atoms with E-state index in [1.807, 2.05) is 0 Å². The number of carboxylic acid groups (broad SMARTS) is 1. The van der Waals surface area contributed by atoms with Gasteiger partial charge in [-0.1, -0.05) is 29.3 Å². The van der Waals surface area contributed by atoms with Crippen molar-refractivity contribution in [2.24, 2.45) is 0 Å². The number of halogens is 2. The lowest BCUT2D eigenvalue weighted by Crippen LogP contribution is -2.43. The standard InChI is InChI=1S/C13H14Cl2N2O5S/c14-9-2-1-3-10(15)13(9)23(21,22)17(8-4-5-8)7-11(18)16-6-12(19)20/h1-3,8H,4-7H2,(H,16,18)(H,19,20). The molecule has 2 rings (SSSR count). The van der Waals surface area contributed by atoms with Crippen LogP contribution in [0.4, 0.5) is 0 Å². The van der Waals surface area contributed by atoms with Crippen molar-refractivity contribution in [2.45, 2.75) is 23.8 Å². The smallest absolute Gasteiger partial charge is 0.322 e. The van der Waals surface area contributed by atoms with Gasteiger partial charge in [0.25, 0.3) is 0 Å². The highest BCUT2D eigenvalue weighted by Crippen LogP contribution is 2.37. The highest BCUT2D eigenvalue weighted by Gasteiger charge is 2.40. The van der Waals surface area contributed by atoms with E-state index in [0.29, 0.717) is 12.8 Å². The fraction of sp³-hybridized carbons (Fsp3) is 0.385. The average molecular weight is 381 g/mol. The van der Waals surface area contributed by atoms with Crippen LogP contribution in [0.15, 0.2) is 23.1 Å². The molecule has 0 heterocycles. The van der Waals surface area contributed by atoms with Crippen molar-refractivity contribution >= 4 is 45.1 Å². The molecule has 0 radical (unpaired) electrons. The predicted molar refractivity (Wildman–Crippen MR) is 84.0 cm³/mol. The Morgan fingerprint density at radius 2 is 1.83 bits per heavy atom. The summed E-state index contributed by atoms with van der Waals surface area (Å²) >= 11 is 11.9. The molecule has 0 atom stereocenters. The number of amides is 1. The Labute approximate surface area is 143 Å². The summed E-state index contributed by atoms with van der Waals surface area (Å²) in [6.07, 6.45) is 1.24. The number of carbonyl (C=O) groups is 2. The zero-order valence-corrected chi connectivity index (χ0v) is 14.2. The van der Waals surface area contributed by atoms with Crippen molar-refractivity contribution in [1.82, 2.24) is 9.62 Å². The number of carbonyl (C=O) groups excluding carboxylic acids is 1. The monoisotopic (exact) mass is 380 g/mol. The van der Waals surface area contributed by atoms with Crippen LogP contribution in [0.25, 0.3) is 0 Å². The second-order valence-corrected chi connectivity index (χ2v) is 7.64. The largest absolute Gasteiger partial charge is 0.480 e. The van der Waals surface area contributed by atoms with Gasteiger partial charge >= 0.3 is 5.97 Å². The van der Waals surface area contributed by atoms with Crippen LogP contribution in [0.5, 0.6) is 0 Å². The van der Waals surface area contributed by atoms with Gasteiger partial charge in [0.1, 0.15) is 11.4 Å². The Balaban J connectivity index is 2.26. The molecule has 0 bridgehead atoms. The molecule has 1 fully saturated rings. The molecule has 10 heteroatoms. The van der Waals surface area contributed by atoms with E-state index in [1.165, 1.54) is 18.2 Å². The fourth-order valence-electron chi connectivity index (χ4n) is 1.99. The molecule has 0 spiro atoms. The highest BCUT2D eigenvalue weighted by atomic mass is 35.5. The summed E-state index contributed by atoms with van der Waals surface area (Å²) in [5, 5.41) is 10.6. The molecule has 1 amide bonds. The first kappa shape index (κ1) is 18.0. The minimum absolute atomic E-state index is 0.0332. The Bertz CT molecular complexity index is 714. The minimum atomic E-state index is -4.07. The third-order valence-corrected chi connectivity index (χ3v) is 6.03. The van der Waals surface area contributed by atoms with E-state index in [-0.39, 0.29) is 21.0 Å². The van der Waals surface area contributed by atoms with Crippen LogP contribution in [-0.2, 0) is 19.6 Å². The van der Waals surface area contributed by atoms with Gasteiger partial charge in [-0.2, -0.15) is 4.31 Å². The van der Waals surface area contributed by atoms with Gasteiger partial charge in [0, 0.05) is 6.04 Å². The number of benzene rings is 1. The first-order valence-electron chi connectivity index (χ1n) is 6.68. The van der Waals surface area contributed by atoms with Crippen molar-refractivity contribution in [2.75, 3.05) is 13.1 Å². The highest BCUT2D eigenvalue weighted by molar-refractivity contribution is 7.89. The summed E-state index contributed by atoms with van der Waals surface area (Å²) in [4.78, 5) is 22.0. The maximum Gasteiger partial charge on any atom is 0.322 e. The molecule has 1 aliphatic carbocycles. The number of nitrogens with one attached hydrogen (secondary N) is 1. The van der Waals surface area contributed by atoms with Gasteiger partial charge in [0.2, 0.25) is 15.9 Å². The first-order chi connectivity index (χ1) is 10.7. The maximum atomic E-state index is 12.8. The Morgan fingerprint density at radius 1 is 1.26 bits per heavy atom. The van der Waals surface area contributed by atoms with Gasteiger partial charge in [-0.25, -0.2) is 8.42 Å². The second kappa shape index (κ2) is 7.04. The maximum absolute atomic E-state index is 12.8. The van der Waals surface area contributed by atoms with E-state index in [9.17, 15) is 18.0 Å². The molecule has 0 aliphatic heterocycles. The van der Waals surface area contributed by atoms with Gasteiger partial charge in [0.05, 0.1) is 16.6 Å². The van der Waals surface area contributed by atoms with Crippen LogP contribution in [-0.4, -0.2) is 48.8 Å². The number of carboxylic acids is 1. The van der Waals surface area contributed by atoms with Gasteiger partial charge < -0.3 is 10.4 Å². The molecule has 0 saturated heterocycles. The molecule has 1 aromatic carbocycles. The summed E-state index contributed by atoms with van der Waals surface area (Å²) in [6.45, 7) is -1.06. The van der Waals surface area contributed by atoms with E-state index in [1.54, 1.807) is 0 Å². The summed E-state index contributed by atoms with van der Waals surface area (Å²) in [5.74, 6) is -1.92. The second-order valence-electron chi connectivity index (χ2n) is 5.00. The van der Waals surface area contributed by atoms with E-state index < -0.39 is 35.0 Å². The molecular weight excluding hydrogens is 367 g/mol. The predicted octanol–water partition coefficient (Wildman–Crippen LogP) is 1.35. The van der Waals surface area contributed by atoms with E-state index in [2.05, 4.69) is 5.32 Å². The normalized spacial score (nSPS) is 14.7. The van der Waals surface area contributed by atoms with Crippen LogP contribution in [0.2, 0.25) is 10.0 Å². The number of hydrogen-bond donors (Lipinski definition) is 2. The minimum Gasteiger partial charge on any atom is -0.480 e. The topological polar surface area (TPSA) is 104 Å². The average Bonchev–Trinajstić information content (AvgIpc) is 3.26. The van der Waals surface area contributed by atoms with E-state index in [4.69, 9.17) is 28.3 Å². The number of rotatable bonds is 7. The third kappa shape index (κ3) is 4.35. The molecule has 1 aromatic rings. The lowest BCUT2D eigenvalue weighted by atomic mass is 10.4. The molecule has 1 aliphatic rings. The molecule has 0 aromatic heterocycles. The first-order valence-corrected chi connectivity index (χ1v) is 8.87. The third-order valence-electron chi connectivity index (χ3n) is 3.18. The number of nitrogens with zero attached hydrogens (tertiary/aromatic N) is 1. The molecular formula is C13H14Cl2N2O5S. The van der Waals surface area contributed by atoms with Crippen LogP contribution in [0, 0.1) is 0 Å². The van der Waals surface area contributed by atoms with Gasteiger partial charge in [-0.05, 0) is 25.0 Å². The van der Waals surface area contributed by atoms with Crippen LogP contribution in [0.1, 0.15) is 12.8 Å². The molecule has 126 valence electrons.